The standard InChI is InChI=1S/C24H32N2O5/c1-5-6-14-25-24(28)18(2)26(16-19-8-7-9-22(15-19)30-4)23(27)17-31-21-12-10-20(29-3)11-13-21/h7-13,15,18H,5-6,14,16-17H2,1-4H3,(H,25,28)/t18-/m1/s1. The minimum absolute atomic E-state index is 0.178. The number of ether oxygens (including phenoxy) is 3. The molecule has 0 bridgehead atoms. The van der Waals surface area contributed by atoms with Gasteiger partial charge in [0.1, 0.15) is 23.3 Å². The summed E-state index contributed by atoms with van der Waals surface area (Å²) in [5, 5.41) is 2.90. The molecule has 0 fully saturated rings. The molecular formula is C24H32N2O5. The topological polar surface area (TPSA) is 77.1 Å². The number of nitrogens with one attached hydrogen (secondary N) is 1. The fourth-order valence-electron chi connectivity index (χ4n) is 2.99. The molecule has 0 heterocycles. The van der Waals surface area contributed by atoms with Gasteiger partial charge >= 0.3 is 0 Å². The van der Waals surface area contributed by atoms with Crippen LogP contribution in [0.15, 0.2) is 48.5 Å². The molecule has 1 atom stereocenters. The molecule has 0 aromatic heterocycles. The molecule has 2 rings (SSSR count). The molecule has 7 heteroatoms. The number of hydrogen-bond acceptors (Lipinski definition) is 5. The van der Waals surface area contributed by atoms with E-state index < -0.39 is 6.04 Å². The van der Waals surface area contributed by atoms with Crippen LogP contribution in [0.25, 0.3) is 0 Å². The molecule has 31 heavy (non-hydrogen) atoms. The normalized spacial score (nSPS) is 11.4. The first-order valence-corrected chi connectivity index (χ1v) is 10.5. The first kappa shape index (κ1) is 24.1. The lowest BCUT2D eigenvalue weighted by molar-refractivity contribution is -0.142. The second-order valence-corrected chi connectivity index (χ2v) is 7.16. The van der Waals surface area contributed by atoms with Crippen LogP contribution in [0.2, 0.25) is 0 Å². The summed E-state index contributed by atoms with van der Waals surface area (Å²) in [4.78, 5) is 27.2. The zero-order chi connectivity index (χ0) is 22.6. The van der Waals surface area contributed by atoms with E-state index in [9.17, 15) is 9.59 Å². The Morgan fingerprint density at radius 2 is 1.68 bits per heavy atom. The quantitative estimate of drug-likeness (QED) is 0.524. The second kappa shape index (κ2) is 12.5. The minimum Gasteiger partial charge on any atom is -0.497 e. The first-order valence-electron chi connectivity index (χ1n) is 10.5. The van der Waals surface area contributed by atoms with E-state index in [0.29, 0.717) is 23.8 Å². The van der Waals surface area contributed by atoms with Crippen molar-refractivity contribution in [3.8, 4) is 17.2 Å². The number of nitrogens with zero attached hydrogens (tertiary/aromatic N) is 1. The fraction of sp³-hybridized carbons (Fsp3) is 0.417. The summed E-state index contributed by atoms with van der Waals surface area (Å²) in [5.74, 6) is 1.48. The van der Waals surface area contributed by atoms with Gasteiger partial charge in [0.2, 0.25) is 5.91 Å². The number of rotatable bonds is 12. The fourth-order valence-corrected chi connectivity index (χ4v) is 2.99. The molecule has 0 aliphatic heterocycles. The Morgan fingerprint density at radius 1 is 1.00 bits per heavy atom. The molecule has 7 nitrogen and oxygen atoms in total. The van der Waals surface area contributed by atoms with E-state index in [1.165, 1.54) is 4.90 Å². The van der Waals surface area contributed by atoms with Crippen LogP contribution in [0.5, 0.6) is 17.2 Å². The SMILES string of the molecule is CCCCNC(=O)[C@@H](C)N(Cc1cccc(OC)c1)C(=O)COc1ccc(OC)cc1. The van der Waals surface area contributed by atoms with Gasteiger partial charge in [-0.05, 0) is 55.3 Å². The molecule has 1 N–H and O–H groups in total. The highest BCUT2D eigenvalue weighted by Crippen LogP contribution is 2.19. The van der Waals surface area contributed by atoms with E-state index in [0.717, 1.165) is 18.4 Å². The molecular weight excluding hydrogens is 396 g/mol. The minimum atomic E-state index is -0.643. The summed E-state index contributed by atoms with van der Waals surface area (Å²) >= 11 is 0. The number of methoxy groups -OCH3 is 2. The molecule has 0 aliphatic rings. The third-order valence-electron chi connectivity index (χ3n) is 4.91. The summed E-state index contributed by atoms with van der Waals surface area (Å²) in [6.45, 7) is 4.47. The zero-order valence-corrected chi connectivity index (χ0v) is 18.7. The molecule has 2 aromatic carbocycles. The van der Waals surface area contributed by atoms with Crippen LogP contribution in [-0.4, -0.2) is 50.1 Å². The largest absolute Gasteiger partial charge is 0.497 e. The van der Waals surface area contributed by atoms with Gasteiger partial charge in [0.25, 0.3) is 5.91 Å². The lowest BCUT2D eigenvalue weighted by atomic mass is 10.1. The van der Waals surface area contributed by atoms with Crippen molar-refractivity contribution in [2.24, 2.45) is 0 Å². The maximum atomic E-state index is 13.0. The van der Waals surface area contributed by atoms with Crippen LogP contribution in [0.1, 0.15) is 32.3 Å². The van der Waals surface area contributed by atoms with Crippen LogP contribution in [0, 0.1) is 0 Å². The van der Waals surface area contributed by atoms with Gasteiger partial charge in [0.15, 0.2) is 6.61 Å². The Morgan fingerprint density at radius 3 is 2.32 bits per heavy atom. The first-order chi connectivity index (χ1) is 15.0. The number of amides is 2. The van der Waals surface area contributed by atoms with E-state index in [-0.39, 0.29) is 25.0 Å². The van der Waals surface area contributed by atoms with Crippen molar-refractivity contribution in [1.29, 1.82) is 0 Å². The summed E-state index contributed by atoms with van der Waals surface area (Å²) in [6, 6.07) is 13.8. The lowest BCUT2D eigenvalue weighted by Gasteiger charge is -2.29. The van der Waals surface area contributed by atoms with Gasteiger partial charge in [0.05, 0.1) is 14.2 Å². The zero-order valence-electron chi connectivity index (χ0n) is 18.7. The van der Waals surface area contributed by atoms with Crippen molar-refractivity contribution >= 4 is 11.8 Å². The van der Waals surface area contributed by atoms with Crippen LogP contribution in [0.3, 0.4) is 0 Å². The van der Waals surface area contributed by atoms with Gasteiger partial charge in [-0.3, -0.25) is 9.59 Å². The number of benzene rings is 2. The predicted octanol–water partition coefficient (Wildman–Crippen LogP) is 3.42. The molecule has 0 spiro atoms. The highest BCUT2D eigenvalue weighted by Gasteiger charge is 2.26. The molecule has 0 aliphatic carbocycles. The van der Waals surface area contributed by atoms with Crippen LogP contribution in [-0.2, 0) is 16.1 Å². The average molecular weight is 429 g/mol. The van der Waals surface area contributed by atoms with Crippen molar-refractivity contribution in [3.05, 3.63) is 54.1 Å². The maximum Gasteiger partial charge on any atom is 0.261 e. The monoisotopic (exact) mass is 428 g/mol. The third-order valence-corrected chi connectivity index (χ3v) is 4.91. The van der Waals surface area contributed by atoms with Gasteiger partial charge in [-0.2, -0.15) is 0 Å². The van der Waals surface area contributed by atoms with Crippen LogP contribution >= 0.6 is 0 Å². The second-order valence-electron chi connectivity index (χ2n) is 7.16. The van der Waals surface area contributed by atoms with Crippen molar-refractivity contribution < 1.29 is 23.8 Å². The van der Waals surface area contributed by atoms with E-state index in [1.54, 1.807) is 45.4 Å². The molecule has 0 saturated carbocycles. The summed E-state index contributed by atoms with van der Waals surface area (Å²) in [6.07, 6.45) is 1.87. The van der Waals surface area contributed by atoms with Gasteiger partial charge < -0.3 is 24.4 Å². The predicted molar refractivity (Wildman–Crippen MR) is 119 cm³/mol. The smallest absolute Gasteiger partial charge is 0.261 e. The third kappa shape index (κ3) is 7.51. The van der Waals surface area contributed by atoms with E-state index in [4.69, 9.17) is 14.2 Å². The molecule has 0 unspecified atom stereocenters. The Balaban J connectivity index is 2.11. The average Bonchev–Trinajstić information content (AvgIpc) is 2.81. The molecule has 0 saturated heterocycles. The Labute approximate surface area is 184 Å². The number of carbonyl (C=O) groups is 2. The Kier molecular flexibility index (Phi) is 9.68. The van der Waals surface area contributed by atoms with Crippen molar-refractivity contribution in [2.75, 3.05) is 27.4 Å². The summed E-state index contributed by atoms with van der Waals surface area (Å²) in [7, 11) is 3.18. The molecule has 168 valence electrons. The highest BCUT2D eigenvalue weighted by atomic mass is 16.5. The molecule has 2 aromatic rings. The van der Waals surface area contributed by atoms with Crippen LogP contribution in [0.4, 0.5) is 0 Å². The number of carbonyl (C=O) groups excluding carboxylic acids is 2. The Bertz CT molecular complexity index is 838. The lowest BCUT2D eigenvalue weighted by Crippen LogP contribution is -2.49. The van der Waals surface area contributed by atoms with Gasteiger partial charge in [-0.1, -0.05) is 25.5 Å². The van der Waals surface area contributed by atoms with Crippen molar-refractivity contribution in [1.82, 2.24) is 10.2 Å². The molecule has 0 radical (unpaired) electrons. The number of unbranched alkanes of at least 4 members (excludes halogenated alkanes) is 1. The van der Waals surface area contributed by atoms with Crippen molar-refractivity contribution in [2.45, 2.75) is 39.3 Å². The Hall–Kier alpha value is -3.22. The van der Waals surface area contributed by atoms with Crippen LogP contribution < -0.4 is 19.5 Å². The van der Waals surface area contributed by atoms with Crippen molar-refractivity contribution in [3.63, 3.8) is 0 Å². The maximum absolute atomic E-state index is 13.0. The van der Waals surface area contributed by atoms with E-state index in [2.05, 4.69) is 12.2 Å². The summed E-state index contributed by atoms with van der Waals surface area (Å²) in [5.41, 5.74) is 0.866. The molecule has 2 amide bonds. The van der Waals surface area contributed by atoms with E-state index >= 15 is 0 Å². The van der Waals surface area contributed by atoms with Gasteiger partial charge in [-0.25, -0.2) is 0 Å². The van der Waals surface area contributed by atoms with E-state index in [1.807, 2.05) is 24.3 Å². The highest BCUT2D eigenvalue weighted by molar-refractivity contribution is 5.87. The van der Waals surface area contributed by atoms with Gasteiger partial charge in [0, 0.05) is 13.1 Å². The van der Waals surface area contributed by atoms with Gasteiger partial charge in [-0.15, -0.1) is 0 Å². The summed E-state index contributed by atoms with van der Waals surface area (Å²) < 4.78 is 16.1. The number of hydrogen-bond donors (Lipinski definition) is 1.